The molecular formula is C7H3BrF3NO. The zero-order valence-corrected chi connectivity index (χ0v) is 7.69. The van der Waals surface area contributed by atoms with Crippen LogP contribution in [0.15, 0.2) is 10.8 Å². The van der Waals surface area contributed by atoms with Crippen LogP contribution in [0.1, 0.15) is 22.3 Å². The molecule has 1 aromatic rings. The van der Waals surface area contributed by atoms with Crippen molar-refractivity contribution in [1.29, 1.82) is 0 Å². The van der Waals surface area contributed by atoms with Gasteiger partial charge < -0.3 is 0 Å². The zero-order valence-electron chi connectivity index (χ0n) is 6.10. The van der Waals surface area contributed by atoms with Gasteiger partial charge in [-0.15, -0.1) is 0 Å². The lowest BCUT2D eigenvalue weighted by molar-refractivity contribution is 0.111. The Balaban J connectivity index is 3.38. The number of carbonyl (C=O) groups is 1. The Morgan fingerprint density at radius 2 is 2.15 bits per heavy atom. The first kappa shape index (κ1) is 10.2. The Morgan fingerprint density at radius 3 is 2.62 bits per heavy atom. The largest absolute Gasteiger partial charge is 0.298 e. The van der Waals surface area contributed by atoms with Crippen molar-refractivity contribution in [3.8, 4) is 0 Å². The highest BCUT2D eigenvalue weighted by Gasteiger charge is 2.20. The Labute approximate surface area is 79.9 Å². The average Bonchev–Trinajstić information content (AvgIpc) is 2.04. The standard InChI is InChI=1S/C7H3BrF3NO/c8-6-4(7(10)11)5(9)3(2-13)1-12-6/h1-2,7H. The van der Waals surface area contributed by atoms with Crippen molar-refractivity contribution in [1.82, 2.24) is 4.98 Å². The number of rotatable bonds is 2. The summed E-state index contributed by atoms with van der Waals surface area (Å²) in [6.07, 6.45) is -1.97. The molecule has 0 saturated carbocycles. The topological polar surface area (TPSA) is 30.0 Å². The lowest BCUT2D eigenvalue weighted by Crippen LogP contribution is -2.00. The number of aromatic nitrogens is 1. The summed E-state index contributed by atoms with van der Waals surface area (Å²) >= 11 is 2.66. The van der Waals surface area contributed by atoms with E-state index in [1.54, 1.807) is 0 Å². The predicted octanol–water partition coefficient (Wildman–Crippen LogP) is 2.73. The van der Waals surface area contributed by atoms with E-state index in [1.165, 1.54) is 0 Å². The molecule has 1 heterocycles. The predicted molar refractivity (Wildman–Crippen MR) is 42.2 cm³/mol. The van der Waals surface area contributed by atoms with Gasteiger partial charge >= 0.3 is 0 Å². The van der Waals surface area contributed by atoms with Gasteiger partial charge in [0, 0.05) is 6.20 Å². The first-order valence-corrected chi connectivity index (χ1v) is 3.94. The van der Waals surface area contributed by atoms with Gasteiger partial charge in [0.25, 0.3) is 6.43 Å². The third-order valence-electron chi connectivity index (χ3n) is 1.37. The molecule has 0 amide bonds. The summed E-state index contributed by atoms with van der Waals surface area (Å²) < 4.78 is 37.1. The Kier molecular flexibility index (Phi) is 3.02. The van der Waals surface area contributed by atoms with E-state index in [-0.39, 0.29) is 10.9 Å². The van der Waals surface area contributed by atoms with Gasteiger partial charge in [-0.25, -0.2) is 18.2 Å². The van der Waals surface area contributed by atoms with Gasteiger partial charge in [-0.3, -0.25) is 4.79 Å². The number of hydrogen-bond donors (Lipinski definition) is 0. The second kappa shape index (κ2) is 3.87. The van der Waals surface area contributed by atoms with Crippen molar-refractivity contribution < 1.29 is 18.0 Å². The molecule has 13 heavy (non-hydrogen) atoms. The number of halogens is 4. The lowest BCUT2D eigenvalue weighted by Gasteiger charge is -2.04. The quantitative estimate of drug-likeness (QED) is 0.600. The second-order valence-corrected chi connectivity index (χ2v) is 2.90. The molecule has 1 aromatic heterocycles. The Hall–Kier alpha value is -0.910. The van der Waals surface area contributed by atoms with Crippen molar-refractivity contribution in [2.24, 2.45) is 0 Å². The van der Waals surface area contributed by atoms with E-state index in [4.69, 9.17) is 0 Å². The average molecular weight is 254 g/mol. The molecule has 6 heteroatoms. The molecule has 0 radical (unpaired) electrons. The van der Waals surface area contributed by atoms with E-state index < -0.39 is 23.4 Å². The molecule has 0 fully saturated rings. The maximum atomic E-state index is 13.0. The lowest BCUT2D eigenvalue weighted by atomic mass is 10.2. The molecule has 2 nitrogen and oxygen atoms in total. The molecule has 0 aliphatic carbocycles. The maximum Gasteiger partial charge on any atom is 0.269 e. The number of nitrogens with zero attached hydrogens (tertiary/aromatic N) is 1. The van der Waals surface area contributed by atoms with Crippen LogP contribution in [0.4, 0.5) is 13.2 Å². The van der Waals surface area contributed by atoms with Gasteiger partial charge in [-0.2, -0.15) is 0 Å². The molecule has 0 aromatic carbocycles. The van der Waals surface area contributed by atoms with Gasteiger partial charge in [0.1, 0.15) is 10.4 Å². The third-order valence-corrected chi connectivity index (χ3v) is 2.01. The fourth-order valence-corrected chi connectivity index (χ4v) is 1.22. The number of aldehydes is 1. The van der Waals surface area contributed by atoms with Crippen molar-refractivity contribution in [3.05, 3.63) is 27.7 Å². The van der Waals surface area contributed by atoms with Crippen molar-refractivity contribution in [2.45, 2.75) is 6.43 Å². The molecular weight excluding hydrogens is 251 g/mol. The number of carbonyl (C=O) groups excluding carboxylic acids is 1. The van der Waals surface area contributed by atoms with Gasteiger partial charge in [0.2, 0.25) is 0 Å². The van der Waals surface area contributed by atoms with Crippen LogP contribution >= 0.6 is 15.9 Å². The minimum atomic E-state index is -3.00. The van der Waals surface area contributed by atoms with Crippen LogP contribution in [0.3, 0.4) is 0 Å². The maximum absolute atomic E-state index is 13.0. The van der Waals surface area contributed by atoms with Gasteiger partial charge in [-0.05, 0) is 15.9 Å². The van der Waals surface area contributed by atoms with E-state index >= 15 is 0 Å². The molecule has 0 bridgehead atoms. The van der Waals surface area contributed by atoms with Crippen molar-refractivity contribution in [2.75, 3.05) is 0 Å². The highest BCUT2D eigenvalue weighted by atomic mass is 79.9. The molecule has 0 spiro atoms. The van der Waals surface area contributed by atoms with Crippen LogP contribution in [0, 0.1) is 5.82 Å². The molecule has 0 N–H and O–H groups in total. The highest BCUT2D eigenvalue weighted by molar-refractivity contribution is 9.10. The molecule has 0 atom stereocenters. The summed E-state index contributed by atoms with van der Waals surface area (Å²) in [6.45, 7) is 0. The summed E-state index contributed by atoms with van der Waals surface area (Å²) in [7, 11) is 0. The van der Waals surface area contributed by atoms with Crippen molar-refractivity contribution >= 4 is 22.2 Å². The molecule has 0 unspecified atom stereocenters. The summed E-state index contributed by atoms with van der Waals surface area (Å²) in [4.78, 5) is 13.6. The van der Waals surface area contributed by atoms with E-state index in [0.29, 0.717) is 0 Å². The van der Waals surface area contributed by atoms with Crippen LogP contribution in [0.5, 0.6) is 0 Å². The van der Waals surface area contributed by atoms with Crippen LogP contribution in [-0.2, 0) is 0 Å². The van der Waals surface area contributed by atoms with Gasteiger partial charge in [0.15, 0.2) is 6.29 Å². The van der Waals surface area contributed by atoms with Crippen LogP contribution < -0.4 is 0 Å². The highest BCUT2D eigenvalue weighted by Crippen LogP contribution is 2.29. The molecule has 0 aliphatic heterocycles. The fraction of sp³-hybridized carbons (Fsp3) is 0.143. The fourth-order valence-electron chi connectivity index (χ4n) is 0.766. The molecule has 70 valence electrons. The van der Waals surface area contributed by atoms with E-state index in [2.05, 4.69) is 20.9 Å². The third kappa shape index (κ3) is 1.88. The molecule has 0 saturated heterocycles. The summed E-state index contributed by atoms with van der Waals surface area (Å²) in [6, 6.07) is 0. The minimum absolute atomic E-state index is 0.140. The summed E-state index contributed by atoms with van der Waals surface area (Å²) in [5, 5.41) is 0. The number of pyridine rings is 1. The SMILES string of the molecule is O=Cc1cnc(Br)c(C(F)F)c1F. The summed E-state index contributed by atoms with van der Waals surface area (Å²) in [5.41, 5.74) is -1.36. The van der Waals surface area contributed by atoms with E-state index in [1.807, 2.05) is 0 Å². The van der Waals surface area contributed by atoms with Crippen LogP contribution in [-0.4, -0.2) is 11.3 Å². The first-order valence-electron chi connectivity index (χ1n) is 3.15. The van der Waals surface area contributed by atoms with Crippen molar-refractivity contribution in [3.63, 3.8) is 0 Å². The molecule has 0 aliphatic rings. The second-order valence-electron chi connectivity index (χ2n) is 2.15. The normalized spacial score (nSPS) is 10.5. The Morgan fingerprint density at radius 1 is 1.54 bits per heavy atom. The first-order chi connectivity index (χ1) is 6.07. The zero-order chi connectivity index (χ0) is 10.0. The van der Waals surface area contributed by atoms with Gasteiger partial charge in [0.05, 0.1) is 11.1 Å². The number of hydrogen-bond acceptors (Lipinski definition) is 2. The van der Waals surface area contributed by atoms with Gasteiger partial charge in [-0.1, -0.05) is 0 Å². The van der Waals surface area contributed by atoms with E-state index in [9.17, 15) is 18.0 Å². The number of alkyl halides is 2. The monoisotopic (exact) mass is 253 g/mol. The Bertz CT molecular complexity index is 343. The minimum Gasteiger partial charge on any atom is -0.298 e. The van der Waals surface area contributed by atoms with E-state index in [0.717, 1.165) is 6.20 Å². The van der Waals surface area contributed by atoms with Crippen LogP contribution in [0.2, 0.25) is 0 Å². The van der Waals surface area contributed by atoms with Crippen LogP contribution in [0.25, 0.3) is 0 Å². The smallest absolute Gasteiger partial charge is 0.269 e. The summed E-state index contributed by atoms with van der Waals surface area (Å²) in [5.74, 6) is -1.23. The molecule has 1 rings (SSSR count).